The second-order valence-corrected chi connectivity index (χ2v) is 4.26. The summed E-state index contributed by atoms with van der Waals surface area (Å²) in [6.07, 6.45) is 1.99. The Morgan fingerprint density at radius 1 is 1.29 bits per heavy atom. The van der Waals surface area contributed by atoms with Crippen LogP contribution in [0.15, 0.2) is 29.8 Å². The molecule has 2 N–H and O–H groups in total. The van der Waals surface area contributed by atoms with Crippen LogP contribution in [0.4, 0.5) is 0 Å². The van der Waals surface area contributed by atoms with Crippen molar-refractivity contribution in [1.29, 1.82) is 0 Å². The normalized spacial score (nSPS) is 12.4. The van der Waals surface area contributed by atoms with Gasteiger partial charge in [0.1, 0.15) is 0 Å². The zero-order valence-corrected chi connectivity index (χ0v) is 9.73. The van der Waals surface area contributed by atoms with E-state index in [2.05, 4.69) is 0 Å². The lowest BCUT2D eigenvalue weighted by atomic mass is 10.1. The Morgan fingerprint density at radius 2 is 1.93 bits per heavy atom. The molecule has 3 heteroatoms. The van der Waals surface area contributed by atoms with Gasteiger partial charge in [-0.2, -0.15) is 0 Å². The molecular weight excluding hydrogens is 217 g/mol. The summed E-state index contributed by atoms with van der Waals surface area (Å²) in [5, 5.41) is 1.10. The van der Waals surface area contributed by atoms with Crippen LogP contribution < -0.4 is 5.73 Å². The molecule has 0 aliphatic carbocycles. The van der Waals surface area contributed by atoms with E-state index in [1.54, 1.807) is 12.1 Å². The minimum absolute atomic E-state index is 0.116. The predicted octanol–water partition coefficient (Wildman–Crippen LogP) is 3.96. The Kier molecular flexibility index (Phi) is 3.99. The average molecular weight is 230 g/mol. The van der Waals surface area contributed by atoms with Crippen molar-refractivity contribution in [2.45, 2.75) is 19.9 Å². The highest BCUT2D eigenvalue weighted by atomic mass is 35.5. The van der Waals surface area contributed by atoms with E-state index in [-0.39, 0.29) is 6.04 Å². The summed E-state index contributed by atoms with van der Waals surface area (Å²) in [5.41, 5.74) is 8.09. The minimum atomic E-state index is -0.116. The van der Waals surface area contributed by atoms with E-state index in [0.717, 1.165) is 5.56 Å². The van der Waals surface area contributed by atoms with Gasteiger partial charge in [-0.05, 0) is 31.5 Å². The van der Waals surface area contributed by atoms with E-state index >= 15 is 0 Å². The number of allylic oxidation sites excluding steroid dienone is 1. The van der Waals surface area contributed by atoms with Crippen molar-refractivity contribution in [2.75, 3.05) is 0 Å². The van der Waals surface area contributed by atoms with Crippen molar-refractivity contribution in [3.05, 3.63) is 45.5 Å². The lowest BCUT2D eigenvalue weighted by Crippen LogP contribution is -2.07. The van der Waals surface area contributed by atoms with Crippen molar-refractivity contribution >= 4 is 23.2 Å². The number of hydrogen-bond donors (Lipinski definition) is 1. The van der Waals surface area contributed by atoms with Crippen LogP contribution in [-0.4, -0.2) is 0 Å². The van der Waals surface area contributed by atoms with Crippen molar-refractivity contribution in [2.24, 2.45) is 5.73 Å². The molecule has 1 rings (SSSR count). The van der Waals surface area contributed by atoms with E-state index in [0.29, 0.717) is 10.0 Å². The van der Waals surface area contributed by atoms with Crippen LogP contribution in [0.25, 0.3) is 0 Å². The number of rotatable bonds is 2. The maximum Gasteiger partial charge on any atom is 0.0595 e. The van der Waals surface area contributed by atoms with E-state index in [9.17, 15) is 0 Å². The van der Waals surface area contributed by atoms with Crippen LogP contribution in [0, 0.1) is 0 Å². The van der Waals surface area contributed by atoms with E-state index in [1.807, 2.05) is 26.0 Å². The fourth-order valence-electron chi connectivity index (χ4n) is 1.18. The second-order valence-electron chi connectivity index (χ2n) is 3.44. The van der Waals surface area contributed by atoms with Crippen molar-refractivity contribution < 1.29 is 0 Å². The third kappa shape index (κ3) is 3.02. The maximum absolute atomic E-state index is 5.94. The molecule has 0 aliphatic rings. The SMILES string of the molecule is CC(C)=CC(N)c1ccc(Cl)c(Cl)c1. The smallest absolute Gasteiger partial charge is 0.0595 e. The van der Waals surface area contributed by atoms with Gasteiger partial charge in [0.25, 0.3) is 0 Å². The molecule has 0 spiro atoms. The summed E-state index contributed by atoms with van der Waals surface area (Å²) in [6, 6.07) is 5.33. The van der Waals surface area contributed by atoms with Crippen molar-refractivity contribution in [1.82, 2.24) is 0 Å². The van der Waals surface area contributed by atoms with Gasteiger partial charge in [-0.1, -0.05) is 40.9 Å². The molecule has 0 aromatic heterocycles. The molecule has 0 amide bonds. The van der Waals surface area contributed by atoms with Gasteiger partial charge in [-0.25, -0.2) is 0 Å². The molecule has 1 atom stereocenters. The maximum atomic E-state index is 5.94. The Hall–Kier alpha value is -0.500. The van der Waals surface area contributed by atoms with Gasteiger partial charge in [-0.15, -0.1) is 0 Å². The molecule has 1 aromatic carbocycles. The molecule has 76 valence electrons. The molecule has 0 saturated carbocycles. The van der Waals surface area contributed by atoms with Gasteiger partial charge >= 0.3 is 0 Å². The van der Waals surface area contributed by atoms with Gasteiger partial charge in [-0.3, -0.25) is 0 Å². The molecule has 0 saturated heterocycles. The number of nitrogens with two attached hydrogens (primary N) is 1. The molecule has 1 aromatic rings. The summed E-state index contributed by atoms with van der Waals surface area (Å²) in [6.45, 7) is 4.02. The number of halogens is 2. The molecule has 0 radical (unpaired) electrons. The Morgan fingerprint density at radius 3 is 2.43 bits per heavy atom. The first-order valence-corrected chi connectivity index (χ1v) is 5.12. The summed E-state index contributed by atoms with van der Waals surface area (Å²) in [4.78, 5) is 0. The highest BCUT2D eigenvalue weighted by Crippen LogP contribution is 2.25. The summed E-state index contributed by atoms with van der Waals surface area (Å²) in [5.74, 6) is 0. The molecule has 1 unspecified atom stereocenters. The summed E-state index contributed by atoms with van der Waals surface area (Å²) < 4.78 is 0. The molecule has 0 heterocycles. The average Bonchev–Trinajstić information content (AvgIpc) is 2.08. The first-order chi connectivity index (χ1) is 6.50. The van der Waals surface area contributed by atoms with Gasteiger partial charge in [0.05, 0.1) is 10.0 Å². The standard InChI is InChI=1S/C11H13Cl2N/c1-7(2)5-11(14)8-3-4-9(12)10(13)6-8/h3-6,11H,14H2,1-2H3. The van der Waals surface area contributed by atoms with E-state index in [4.69, 9.17) is 28.9 Å². The van der Waals surface area contributed by atoms with Crippen LogP contribution in [0.3, 0.4) is 0 Å². The predicted molar refractivity (Wildman–Crippen MR) is 62.8 cm³/mol. The lowest BCUT2D eigenvalue weighted by Gasteiger charge is -2.08. The van der Waals surface area contributed by atoms with Gasteiger partial charge in [0.15, 0.2) is 0 Å². The zero-order valence-electron chi connectivity index (χ0n) is 8.22. The van der Waals surface area contributed by atoms with Gasteiger partial charge in [0, 0.05) is 6.04 Å². The van der Waals surface area contributed by atoms with Crippen LogP contribution >= 0.6 is 23.2 Å². The fraction of sp³-hybridized carbons (Fsp3) is 0.273. The quantitative estimate of drug-likeness (QED) is 0.764. The first-order valence-electron chi connectivity index (χ1n) is 4.36. The largest absolute Gasteiger partial charge is 0.321 e. The highest BCUT2D eigenvalue weighted by molar-refractivity contribution is 6.42. The molecule has 1 nitrogen and oxygen atoms in total. The second kappa shape index (κ2) is 4.83. The van der Waals surface area contributed by atoms with Crippen LogP contribution in [0.5, 0.6) is 0 Å². The summed E-state index contributed by atoms with van der Waals surface area (Å²) >= 11 is 11.7. The third-order valence-corrected chi connectivity index (χ3v) is 2.58. The minimum Gasteiger partial charge on any atom is -0.321 e. The Labute approximate surface area is 94.5 Å². The fourth-order valence-corrected chi connectivity index (χ4v) is 1.48. The van der Waals surface area contributed by atoms with Gasteiger partial charge < -0.3 is 5.73 Å². The molecule has 0 aliphatic heterocycles. The third-order valence-electron chi connectivity index (χ3n) is 1.84. The van der Waals surface area contributed by atoms with Crippen molar-refractivity contribution in [3.8, 4) is 0 Å². The number of benzene rings is 1. The molecule has 0 bridgehead atoms. The monoisotopic (exact) mass is 229 g/mol. The van der Waals surface area contributed by atoms with Gasteiger partial charge in [0.2, 0.25) is 0 Å². The van der Waals surface area contributed by atoms with Crippen molar-refractivity contribution in [3.63, 3.8) is 0 Å². The zero-order chi connectivity index (χ0) is 10.7. The molecule has 0 fully saturated rings. The summed E-state index contributed by atoms with van der Waals surface area (Å²) in [7, 11) is 0. The van der Waals surface area contributed by atoms with E-state index < -0.39 is 0 Å². The van der Waals surface area contributed by atoms with Crippen LogP contribution in [-0.2, 0) is 0 Å². The van der Waals surface area contributed by atoms with Crippen LogP contribution in [0.1, 0.15) is 25.5 Å². The van der Waals surface area contributed by atoms with E-state index in [1.165, 1.54) is 5.57 Å². The van der Waals surface area contributed by atoms with Crippen LogP contribution in [0.2, 0.25) is 10.0 Å². The Bertz CT molecular complexity index is 354. The Balaban J connectivity index is 2.97. The number of hydrogen-bond acceptors (Lipinski definition) is 1. The first kappa shape index (κ1) is 11.6. The molecular formula is C11H13Cl2N. The highest BCUT2D eigenvalue weighted by Gasteiger charge is 2.05. The topological polar surface area (TPSA) is 26.0 Å². The molecule has 14 heavy (non-hydrogen) atoms. The lowest BCUT2D eigenvalue weighted by molar-refractivity contribution is 0.899.